The minimum Gasteiger partial charge on any atom is -0.480 e. The molecule has 174 valence electrons. The molecule has 3 unspecified atom stereocenters. The number of Topliss-reactive ketones (excluding diaryl/α,β-unsaturated/α-hetero) is 2. The van der Waals surface area contributed by atoms with E-state index in [-0.39, 0.29) is 35.8 Å². The van der Waals surface area contributed by atoms with Gasteiger partial charge in [0.15, 0.2) is 11.6 Å². The Morgan fingerprint density at radius 1 is 0.818 bits per heavy atom. The molecule has 10 heteroatoms. The standard InChI is InChI=1S/C23H25N3O7/c24-17(21(30)31)9-13-5-1-3-7-15(13)19(28)11-23(26,12-27)20(29)16-8-4-2-6-14(16)10-18(25)22(32)33/h1-8,12,17-18H,9-11,24-26H2,(H,30,31)(H,32,33). The minimum absolute atomic E-state index is 0.0159. The summed E-state index contributed by atoms with van der Waals surface area (Å²) in [6, 6.07) is 9.53. The Labute approximate surface area is 189 Å². The number of benzene rings is 2. The molecule has 0 aromatic heterocycles. The molecule has 0 radical (unpaired) electrons. The van der Waals surface area contributed by atoms with Crippen molar-refractivity contribution in [3.05, 3.63) is 70.8 Å². The maximum atomic E-state index is 13.2. The molecule has 2 rings (SSSR count). The Balaban J connectivity index is 2.35. The van der Waals surface area contributed by atoms with Crippen molar-refractivity contribution in [1.29, 1.82) is 0 Å². The fraction of sp³-hybridized carbons (Fsp3) is 0.261. The maximum Gasteiger partial charge on any atom is 0.320 e. The first-order valence-corrected chi connectivity index (χ1v) is 9.96. The van der Waals surface area contributed by atoms with Gasteiger partial charge in [-0.05, 0) is 24.0 Å². The summed E-state index contributed by atoms with van der Waals surface area (Å²) in [5, 5.41) is 18.1. The molecule has 0 aliphatic rings. The maximum absolute atomic E-state index is 13.2. The highest BCUT2D eigenvalue weighted by Gasteiger charge is 2.38. The Morgan fingerprint density at radius 2 is 1.24 bits per heavy atom. The zero-order chi connectivity index (χ0) is 24.8. The number of carboxylic acid groups (broad SMARTS) is 2. The quantitative estimate of drug-likeness (QED) is 0.164. The van der Waals surface area contributed by atoms with Crippen LogP contribution >= 0.6 is 0 Å². The molecule has 0 fully saturated rings. The molecular weight excluding hydrogens is 430 g/mol. The van der Waals surface area contributed by atoms with Crippen LogP contribution in [0.5, 0.6) is 0 Å². The van der Waals surface area contributed by atoms with Gasteiger partial charge in [-0.3, -0.25) is 19.2 Å². The third-order valence-electron chi connectivity index (χ3n) is 5.18. The van der Waals surface area contributed by atoms with Gasteiger partial charge in [0.05, 0.1) is 0 Å². The highest BCUT2D eigenvalue weighted by Crippen LogP contribution is 2.22. The van der Waals surface area contributed by atoms with Gasteiger partial charge in [-0.25, -0.2) is 0 Å². The van der Waals surface area contributed by atoms with Gasteiger partial charge in [-0.1, -0.05) is 48.5 Å². The molecule has 2 aromatic carbocycles. The summed E-state index contributed by atoms with van der Waals surface area (Å²) >= 11 is 0. The van der Waals surface area contributed by atoms with Crippen molar-refractivity contribution in [1.82, 2.24) is 0 Å². The number of carboxylic acids is 2. The second-order valence-electron chi connectivity index (χ2n) is 7.70. The van der Waals surface area contributed by atoms with Gasteiger partial charge in [0.1, 0.15) is 23.9 Å². The summed E-state index contributed by atoms with van der Waals surface area (Å²) in [6.45, 7) is 0. The van der Waals surface area contributed by atoms with Crippen molar-refractivity contribution in [3.8, 4) is 0 Å². The molecule has 0 heterocycles. The molecule has 0 amide bonds. The van der Waals surface area contributed by atoms with E-state index >= 15 is 0 Å². The van der Waals surface area contributed by atoms with E-state index in [9.17, 15) is 24.0 Å². The molecule has 0 aliphatic heterocycles. The largest absolute Gasteiger partial charge is 0.480 e. The number of ketones is 2. The van der Waals surface area contributed by atoms with Gasteiger partial charge in [0.25, 0.3) is 0 Å². The molecule has 2 aromatic rings. The van der Waals surface area contributed by atoms with Gasteiger partial charge in [-0.15, -0.1) is 0 Å². The van der Waals surface area contributed by atoms with Crippen LogP contribution in [0, 0.1) is 0 Å². The minimum atomic E-state index is -2.23. The fourth-order valence-corrected chi connectivity index (χ4v) is 3.33. The monoisotopic (exact) mass is 455 g/mol. The second-order valence-corrected chi connectivity index (χ2v) is 7.70. The van der Waals surface area contributed by atoms with Crippen molar-refractivity contribution >= 4 is 29.8 Å². The van der Waals surface area contributed by atoms with Crippen molar-refractivity contribution in [2.24, 2.45) is 17.2 Å². The highest BCUT2D eigenvalue weighted by molar-refractivity contribution is 6.17. The highest BCUT2D eigenvalue weighted by atomic mass is 16.4. The average Bonchev–Trinajstić information content (AvgIpc) is 2.78. The van der Waals surface area contributed by atoms with E-state index < -0.39 is 47.5 Å². The van der Waals surface area contributed by atoms with Crippen LogP contribution in [0.25, 0.3) is 0 Å². The van der Waals surface area contributed by atoms with E-state index in [1.807, 2.05) is 0 Å². The number of aliphatic carboxylic acids is 2. The van der Waals surface area contributed by atoms with E-state index in [1.165, 1.54) is 30.3 Å². The Hall–Kier alpha value is -3.73. The Morgan fingerprint density at radius 3 is 1.70 bits per heavy atom. The fourth-order valence-electron chi connectivity index (χ4n) is 3.33. The topological polar surface area (TPSA) is 204 Å². The van der Waals surface area contributed by atoms with Gasteiger partial charge < -0.3 is 32.2 Å². The number of carbonyl (C=O) groups excluding carboxylic acids is 3. The SMILES string of the molecule is NC(Cc1ccccc1C(=O)CC(N)(C=O)C(=O)c1ccccc1CC(N)C(=O)O)C(=O)O. The number of hydrogen-bond acceptors (Lipinski definition) is 8. The predicted molar refractivity (Wildman–Crippen MR) is 118 cm³/mol. The normalized spacial score (nSPS) is 14.5. The van der Waals surface area contributed by atoms with Gasteiger partial charge >= 0.3 is 11.9 Å². The van der Waals surface area contributed by atoms with Gasteiger partial charge in [0.2, 0.25) is 0 Å². The zero-order valence-corrected chi connectivity index (χ0v) is 17.6. The average molecular weight is 455 g/mol. The Kier molecular flexibility index (Phi) is 8.30. The third-order valence-corrected chi connectivity index (χ3v) is 5.18. The van der Waals surface area contributed by atoms with Crippen molar-refractivity contribution in [3.63, 3.8) is 0 Å². The smallest absolute Gasteiger partial charge is 0.320 e. The third kappa shape index (κ3) is 6.16. The van der Waals surface area contributed by atoms with Crippen LogP contribution < -0.4 is 17.2 Å². The van der Waals surface area contributed by atoms with Crippen molar-refractivity contribution in [2.75, 3.05) is 0 Å². The summed E-state index contributed by atoms with van der Waals surface area (Å²) in [4.78, 5) is 60.3. The summed E-state index contributed by atoms with van der Waals surface area (Å²) in [6.07, 6.45) is -0.837. The molecule has 0 bridgehead atoms. The van der Waals surface area contributed by atoms with E-state index in [0.717, 1.165) is 0 Å². The molecule has 0 spiro atoms. The lowest BCUT2D eigenvalue weighted by atomic mass is 9.82. The van der Waals surface area contributed by atoms with Crippen LogP contribution in [-0.4, -0.2) is 57.6 Å². The molecular formula is C23H25N3O7. The van der Waals surface area contributed by atoms with Crippen LogP contribution in [0.15, 0.2) is 48.5 Å². The van der Waals surface area contributed by atoms with E-state index in [4.69, 9.17) is 27.4 Å². The molecule has 0 aliphatic carbocycles. The van der Waals surface area contributed by atoms with Crippen LogP contribution in [0.1, 0.15) is 38.3 Å². The van der Waals surface area contributed by atoms with Crippen molar-refractivity contribution in [2.45, 2.75) is 36.9 Å². The van der Waals surface area contributed by atoms with Gasteiger partial charge in [-0.2, -0.15) is 0 Å². The number of carbonyl (C=O) groups is 5. The molecule has 0 saturated heterocycles. The van der Waals surface area contributed by atoms with E-state index in [2.05, 4.69) is 0 Å². The number of aldehydes is 1. The lowest BCUT2D eigenvalue weighted by molar-refractivity contribution is -0.139. The molecule has 8 N–H and O–H groups in total. The van der Waals surface area contributed by atoms with Gasteiger partial charge in [0, 0.05) is 17.5 Å². The first-order chi connectivity index (χ1) is 15.5. The zero-order valence-electron chi connectivity index (χ0n) is 17.6. The van der Waals surface area contributed by atoms with Crippen LogP contribution in [0.4, 0.5) is 0 Å². The van der Waals surface area contributed by atoms with Crippen LogP contribution in [0.3, 0.4) is 0 Å². The predicted octanol–water partition coefficient (Wildman–Crippen LogP) is -0.0525. The lowest BCUT2D eigenvalue weighted by Crippen LogP contribution is -2.51. The number of nitrogens with two attached hydrogens (primary N) is 3. The van der Waals surface area contributed by atoms with Crippen molar-refractivity contribution < 1.29 is 34.2 Å². The second kappa shape index (κ2) is 10.7. The number of hydrogen-bond donors (Lipinski definition) is 5. The lowest BCUT2D eigenvalue weighted by Gasteiger charge is -2.23. The van der Waals surface area contributed by atoms with E-state index in [0.29, 0.717) is 5.56 Å². The molecule has 10 nitrogen and oxygen atoms in total. The molecule has 33 heavy (non-hydrogen) atoms. The molecule has 3 atom stereocenters. The summed E-state index contributed by atoms with van der Waals surface area (Å²) < 4.78 is 0. The first kappa shape index (κ1) is 25.5. The summed E-state index contributed by atoms with van der Waals surface area (Å²) in [5.41, 5.74) is 15.7. The molecule has 0 saturated carbocycles. The Bertz CT molecular complexity index is 1090. The van der Waals surface area contributed by atoms with Crippen LogP contribution in [-0.2, 0) is 27.2 Å². The van der Waals surface area contributed by atoms with E-state index in [1.54, 1.807) is 18.2 Å². The van der Waals surface area contributed by atoms with Crippen LogP contribution in [0.2, 0.25) is 0 Å². The number of rotatable bonds is 12. The first-order valence-electron chi connectivity index (χ1n) is 9.96. The summed E-state index contributed by atoms with van der Waals surface area (Å²) in [5.74, 6) is -4.02. The summed E-state index contributed by atoms with van der Waals surface area (Å²) in [7, 11) is 0.